The molecule has 0 aromatic heterocycles. The number of methoxy groups -OCH3 is 1. The fourth-order valence-corrected chi connectivity index (χ4v) is 2.62. The number of hydrogen-bond acceptors (Lipinski definition) is 3. The lowest BCUT2D eigenvalue weighted by atomic mass is 10.1. The summed E-state index contributed by atoms with van der Waals surface area (Å²) in [5.41, 5.74) is 2.31. The third-order valence-electron chi connectivity index (χ3n) is 4.27. The summed E-state index contributed by atoms with van der Waals surface area (Å²) in [6.45, 7) is 8.02. The van der Waals surface area contributed by atoms with E-state index < -0.39 is 0 Å². The molecule has 0 spiro atoms. The van der Waals surface area contributed by atoms with Gasteiger partial charge in [0.05, 0.1) is 13.2 Å². The number of hydrogen-bond donors (Lipinski definition) is 2. The van der Waals surface area contributed by atoms with Crippen LogP contribution >= 0.6 is 24.0 Å². The molecule has 0 amide bonds. The third-order valence-corrected chi connectivity index (χ3v) is 4.27. The second kappa shape index (κ2) is 13.2. The molecule has 1 saturated carbocycles. The second-order valence-electron chi connectivity index (χ2n) is 6.66. The molecule has 0 heterocycles. The van der Waals surface area contributed by atoms with Crippen molar-refractivity contribution >= 4 is 29.9 Å². The Morgan fingerprint density at radius 3 is 2.73 bits per heavy atom. The van der Waals surface area contributed by atoms with Crippen LogP contribution in [0.25, 0.3) is 0 Å². The molecule has 6 heteroatoms. The van der Waals surface area contributed by atoms with Gasteiger partial charge in [0.2, 0.25) is 0 Å². The van der Waals surface area contributed by atoms with Crippen molar-refractivity contribution < 1.29 is 9.47 Å². The predicted molar refractivity (Wildman–Crippen MR) is 119 cm³/mol. The molecule has 0 aliphatic heterocycles. The topological polar surface area (TPSA) is 54.9 Å². The maximum Gasteiger partial charge on any atom is 0.191 e. The van der Waals surface area contributed by atoms with Crippen molar-refractivity contribution in [1.82, 2.24) is 10.6 Å². The lowest BCUT2D eigenvalue weighted by Crippen LogP contribution is -2.37. The molecule has 1 aromatic rings. The fourth-order valence-electron chi connectivity index (χ4n) is 2.62. The van der Waals surface area contributed by atoms with Crippen molar-refractivity contribution in [3.05, 3.63) is 29.3 Å². The molecule has 0 unspecified atom stereocenters. The quantitative estimate of drug-likeness (QED) is 0.221. The van der Waals surface area contributed by atoms with Crippen molar-refractivity contribution in [2.24, 2.45) is 10.9 Å². The van der Waals surface area contributed by atoms with Crippen LogP contribution < -0.4 is 15.4 Å². The minimum Gasteiger partial charge on any atom is -0.493 e. The number of ether oxygens (including phenoxy) is 2. The SMILES string of the molecule is CCNC(=NCc1ccc(C)cc1OCCCOC)NCCC1CC1.I. The first-order valence-electron chi connectivity index (χ1n) is 9.46. The van der Waals surface area contributed by atoms with Crippen molar-refractivity contribution in [2.45, 2.75) is 46.1 Å². The highest BCUT2D eigenvalue weighted by atomic mass is 127. The highest BCUT2D eigenvalue weighted by Crippen LogP contribution is 2.31. The lowest BCUT2D eigenvalue weighted by molar-refractivity contribution is 0.172. The van der Waals surface area contributed by atoms with Gasteiger partial charge >= 0.3 is 0 Å². The zero-order chi connectivity index (χ0) is 17.9. The van der Waals surface area contributed by atoms with Crippen LogP contribution in [0.4, 0.5) is 0 Å². The summed E-state index contributed by atoms with van der Waals surface area (Å²) in [6, 6.07) is 6.31. The van der Waals surface area contributed by atoms with E-state index in [1.54, 1.807) is 7.11 Å². The average Bonchev–Trinajstić information content (AvgIpc) is 3.42. The minimum absolute atomic E-state index is 0. The summed E-state index contributed by atoms with van der Waals surface area (Å²) < 4.78 is 11.0. The molecule has 0 saturated heterocycles. The monoisotopic (exact) mass is 475 g/mol. The van der Waals surface area contributed by atoms with E-state index in [9.17, 15) is 0 Å². The molecule has 5 nitrogen and oxygen atoms in total. The molecule has 148 valence electrons. The molecule has 1 fully saturated rings. The molecule has 1 aliphatic rings. The Labute approximate surface area is 175 Å². The highest BCUT2D eigenvalue weighted by Gasteiger charge is 2.20. The van der Waals surface area contributed by atoms with Gasteiger partial charge < -0.3 is 20.1 Å². The number of rotatable bonds is 11. The van der Waals surface area contributed by atoms with Gasteiger partial charge in [0, 0.05) is 38.8 Å². The van der Waals surface area contributed by atoms with E-state index in [-0.39, 0.29) is 24.0 Å². The van der Waals surface area contributed by atoms with Crippen molar-refractivity contribution in [3.8, 4) is 5.75 Å². The first kappa shape index (κ1) is 23.0. The Bertz CT molecular complexity index is 548. The van der Waals surface area contributed by atoms with Gasteiger partial charge in [-0.1, -0.05) is 25.0 Å². The lowest BCUT2D eigenvalue weighted by Gasteiger charge is -2.13. The Hall–Kier alpha value is -1.02. The molecule has 2 N–H and O–H groups in total. The van der Waals surface area contributed by atoms with E-state index in [4.69, 9.17) is 14.5 Å². The van der Waals surface area contributed by atoms with E-state index in [0.29, 0.717) is 13.2 Å². The molecule has 0 atom stereocenters. The molecule has 0 bridgehead atoms. The summed E-state index contributed by atoms with van der Waals surface area (Å²) in [7, 11) is 1.71. The molecule has 2 rings (SSSR count). The molecule has 0 radical (unpaired) electrons. The second-order valence-corrected chi connectivity index (χ2v) is 6.66. The zero-order valence-corrected chi connectivity index (χ0v) is 18.7. The molecular weight excluding hydrogens is 441 g/mol. The van der Waals surface area contributed by atoms with Crippen LogP contribution in [-0.2, 0) is 11.3 Å². The van der Waals surface area contributed by atoms with Crippen LogP contribution in [0, 0.1) is 12.8 Å². The number of nitrogens with one attached hydrogen (secondary N) is 2. The van der Waals surface area contributed by atoms with Crippen molar-refractivity contribution in [3.63, 3.8) is 0 Å². The number of benzene rings is 1. The zero-order valence-electron chi connectivity index (χ0n) is 16.3. The largest absolute Gasteiger partial charge is 0.493 e. The number of nitrogens with zero attached hydrogens (tertiary/aromatic N) is 1. The van der Waals surface area contributed by atoms with Crippen LogP contribution in [0.2, 0.25) is 0 Å². The first-order chi connectivity index (χ1) is 12.2. The smallest absolute Gasteiger partial charge is 0.191 e. The van der Waals surface area contributed by atoms with Crippen LogP contribution in [0.1, 0.15) is 43.7 Å². The minimum atomic E-state index is 0. The Kier molecular flexibility index (Phi) is 11.7. The molecule has 1 aliphatic carbocycles. The van der Waals surface area contributed by atoms with Crippen molar-refractivity contribution in [2.75, 3.05) is 33.4 Å². The van der Waals surface area contributed by atoms with Gasteiger partial charge in [-0.2, -0.15) is 0 Å². The van der Waals surface area contributed by atoms with Gasteiger partial charge in [-0.05, 0) is 37.8 Å². The molecular formula is C20H34IN3O2. The van der Waals surface area contributed by atoms with Gasteiger partial charge in [0.25, 0.3) is 0 Å². The van der Waals surface area contributed by atoms with Gasteiger partial charge in [0.15, 0.2) is 5.96 Å². The van der Waals surface area contributed by atoms with Crippen molar-refractivity contribution in [1.29, 1.82) is 0 Å². The summed E-state index contributed by atoms with van der Waals surface area (Å²) in [4.78, 5) is 4.73. The van der Waals surface area contributed by atoms with E-state index in [0.717, 1.165) is 49.3 Å². The molecule has 1 aromatic carbocycles. The summed E-state index contributed by atoms with van der Waals surface area (Å²) >= 11 is 0. The van der Waals surface area contributed by atoms with E-state index in [1.807, 2.05) is 0 Å². The summed E-state index contributed by atoms with van der Waals surface area (Å²) in [5, 5.41) is 6.75. The summed E-state index contributed by atoms with van der Waals surface area (Å²) in [5.74, 6) is 2.74. The maximum absolute atomic E-state index is 5.94. The van der Waals surface area contributed by atoms with Gasteiger partial charge in [-0.15, -0.1) is 24.0 Å². The highest BCUT2D eigenvalue weighted by molar-refractivity contribution is 14.0. The van der Waals surface area contributed by atoms with E-state index >= 15 is 0 Å². The predicted octanol–water partition coefficient (Wildman–Crippen LogP) is 3.88. The number of aryl methyl sites for hydroxylation is 1. The maximum atomic E-state index is 5.94. The Morgan fingerprint density at radius 2 is 2.04 bits per heavy atom. The van der Waals surface area contributed by atoms with Gasteiger partial charge in [0.1, 0.15) is 5.75 Å². The van der Waals surface area contributed by atoms with Crippen LogP contribution in [0.3, 0.4) is 0 Å². The fraction of sp³-hybridized carbons (Fsp3) is 0.650. The Balaban J connectivity index is 0.00000338. The van der Waals surface area contributed by atoms with Crippen LogP contribution in [0.5, 0.6) is 5.75 Å². The van der Waals surface area contributed by atoms with Gasteiger partial charge in [-0.3, -0.25) is 0 Å². The van der Waals surface area contributed by atoms with Gasteiger partial charge in [-0.25, -0.2) is 4.99 Å². The van der Waals surface area contributed by atoms with E-state index in [1.165, 1.54) is 24.8 Å². The number of aliphatic imine (C=N–C) groups is 1. The van der Waals surface area contributed by atoms with Crippen LogP contribution in [0.15, 0.2) is 23.2 Å². The number of halogens is 1. The molecule has 26 heavy (non-hydrogen) atoms. The Morgan fingerprint density at radius 1 is 1.23 bits per heavy atom. The normalized spacial score (nSPS) is 13.9. The van der Waals surface area contributed by atoms with E-state index in [2.05, 4.69) is 42.7 Å². The first-order valence-corrected chi connectivity index (χ1v) is 9.46. The standard InChI is InChI=1S/C20H33N3O2.HI/c1-4-21-20(22-11-10-17-7-8-17)23-15-18-9-6-16(2)14-19(18)25-13-5-12-24-3;/h6,9,14,17H,4-5,7-8,10-13,15H2,1-3H3,(H2,21,22,23);1H. The van der Waals surface area contributed by atoms with Crippen LogP contribution in [-0.4, -0.2) is 39.4 Å². The summed E-state index contributed by atoms with van der Waals surface area (Å²) in [6.07, 6.45) is 4.91. The third kappa shape index (κ3) is 9.07. The number of guanidine groups is 1. The average molecular weight is 475 g/mol.